The summed E-state index contributed by atoms with van der Waals surface area (Å²) in [5, 5.41) is 0. The third kappa shape index (κ3) is 1.96. The Morgan fingerprint density at radius 2 is 2.06 bits per heavy atom. The largest absolute Gasteiger partial charge is 0.272 e. The molecule has 2 rings (SSSR count). The van der Waals surface area contributed by atoms with Gasteiger partial charge in [0.1, 0.15) is 5.54 Å². The standard InChI is InChI=1S/C10H17ClN2O3S/c1-3-7-6-10(7,13-11)8(14)12-17(15,16)9(2)4-5-9/h7,13H,3-6H2,1-2H3,(H,12,14)/t7-,10-/m1/s1. The Labute approximate surface area is 106 Å². The fourth-order valence-electron chi connectivity index (χ4n) is 2.04. The van der Waals surface area contributed by atoms with Crippen LogP contribution in [0.15, 0.2) is 0 Å². The van der Waals surface area contributed by atoms with Crippen molar-refractivity contribution in [2.75, 3.05) is 0 Å². The molecule has 0 saturated heterocycles. The lowest BCUT2D eigenvalue weighted by molar-refractivity contribution is -0.122. The minimum absolute atomic E-state index is 0.113. The van der Waals surface area contributed by atoms with Gasteiger partial charge in [-0.05, 0) is 43.9 Å². The topological polar surface area (TPSA) is 75.3 Å². The van der Waals surface area contributed by atoms with Gasteiger partial charge in [-0.25, -0.2) is 13.3 Å². The maximum atomic E-state index is 12.0. The van der Waals surface area contributed by atoms with Crippen LogP contribution in [0.5, 0.6) is 0 Å². The van der Waals surface area contributed by atoms with E-state index in [9.17, 15) is 13.2 Å². The first-order chi connectivity index (χ1) is 7.81. The molecule has 0 bridgehead atoms. The molecule has 2 aliphatic carbocycles. The Kier molecular flexibility index (Phi) is 2.95. The number of hydrogen-bond donors (Lipinski definition) is 2. The minimum atomic E-state index is -3.57. The number of sulfonamides is 1. The van der Waals surface area contributed by atoms with Gasteiger partial charge in [0.2, 0.25) is 10.0 Å². The second kappa shape index (κ2) is 3.83. The third-order valence-electron chi connectivity index (χ3n) is 4.00. The van der Waals surface area contributed by atoms with Crippen molar-refractivity contribution in [2.45, 2.75) is 49.8 Å². The molecule has 0 aromatic rings. The van der Waals surface area contributed by atoms with Crippen LogP contribution in [0, 0.1) is 5.92 Å². The summed E-state index contributed by atoms with van der Waals surface area (Å²) in [5.74, 6) is -0.408. The number of rotatable bonds is 5. The first kappa shape index (κ1) is 13.1. The highest BCUT2D eigenvalue weighted by atomic mass is 35.5. The Bertz CT molecular complexity index is 446. The van der Waals surface area contributed by atoms with Crippen molar-refractivity contribution in [3.05, 3.63) is 0 Å². The van der Waals surface area contributed by atoms with Gasteiger partial charge in [0.25, 0.3) is 5.91 Å². The molecule has 98 valence electrons. The van der Waals surface area contributed by atoms with Gasteiger partial charge in [-0.3, -0.25) is 9.52 Å². The average molecular weight is 281 g/mol. The lowest BCUT2D eigenvalue weighted by atomic mass is 10.2. The molecule has 0 aliphatic heterocycles. The molecule has 2 fully saturated rings. The zero-order valence-corrected chi connectivity index (χ0v) is 11.5. The van der Waals surface area contributed by atoms with Crippen LogP contribution in [-0.2, 0) is 14.8 Å². The monoisotopic (exact) mass is 280 g/mol. The van der Waals surface area contributed by atoms with Crippen LogP contribution in [0.1, 0.15) is 39.5 Å². The fourth-order valence-corrected chi connectivity index (χ4v) is 3.67. The highest BCUT2D eigenvalue weighted by molar-refractivity contribution is 7.91. The summed E-state index contributed by atoms with van der Waals surface area (Å²) in [6, 6.07) is 0. The fraction of sp³-hybridized carbons (Fsp3) is 0.900. The molecule has 0 spiro atoms. The summed E-state index contributed by atoms with van der Waals surface area (Å²) >= 11 is 5.58. The minimum Gasteiger partial charge on any atom is -0.272 e. The number of carbonyl (C=O) groups is 1. The number of nitrogens with one attached hydrogen (secondary N) is 2. The molecule has 1 amide bonds. The molecule has 0 aromatic heterocycles. The summed E-state index contributed by atoms with van der Waals surface area (Å²) in [5.41, 5.74) is -0.894. The van der Waals surface area contributed by atoms with Crippen LogP contribution in [0.3, 0.4) is 0 Å². The molecular weight excluding hydrogens is 264 g/mol. The van der Waals surface area contributed by atoms with E-state index in [4.69, 9.17) is 11.8 Å². The maximum absolute atomic E-state index is 12.0. The van der Waals surface area contributed by atoms with Crippen LogP contribution in [0.2, 0.25) is 0 Å². The third-order valence-corrected chi connectivity index (χ3v) is 6.50. The summed E-state index contributed by atoms with van der Waals surface area (Å²) in [6.45, 7) is 3.60. The van der Waals surface area contributed by atoms with E-state index < -0.39 is 26.2 Å². The van der Waals surface area contributed by atoms with Gasteiger partial charge in [-0.15, -0.1) is 0 Å². The SMILES string of the molecule is CC[C@@H]1C[C@]1(NCl)C(=O)NS(=O)(=O)C1(C)CC1. The first-order valence-corrected chi connectivity index (χ1v) is 7.62. The molecule has 5 nitrogen and oxygen atoms in total. The van der Waals surface area contributed by atoms with E-state index in [-0.39, 0.29) is 5.92 Å². The summed E-state index contributed by atoms with van der Waals surface area (Å²) in [7, 11) is -3.57. The normalized spacial score (nSPS) is 34.2. The molecule has 2 N–H and O–H groups in total. The van der Waals surface area contributed by atoms with Crippen LogP contribution in [-0.4, -0.2) is 24.6 Å². The van der Waals surface area contributed by atoms with Gasteiger partial charge in [-0.2, -0.15) is 0 Å². The van der Waals surface area contributed by atoms with Crippen LogP contribution in [0.25, 0.3) is 0 Å². The summed E-state index contributed by atoms with van der Waals surface area (Å²) < 4.78 is 25.2. The molecule has 0 radical (unpaired) electrons. The van der Waals surface area contributed by atoms with E-state index >= 15 is 0 Å². The van der Waals surface area contributed by atoms with Gasteiger partial charge in [-0.1, -0.05) is 13.3 Å². The zero-order valence-electron chi connectivity index (χ0n) is 9.92. The maximum Gasteiger partial charge on any atom is 0.255 e. The summed E-state index contributed by atoms with van der Waals surface area (Å²) in [4.78, 5) is 14.4. The van der Waals surface area contributed by atoms with Crippen molar-refractivity contribution >= 4 is 27.7 Å². The Morgan fingerprint density at radius 3 is 2.41 bits per heavy atom. The van der Waals surface area contributed by atoms with Gasteiger partial charge < -0.3 is 0 Å². The van der Waals surface area contributed by atoms with Crippen molar-refractivity contribution in [2.24, 2.45) is 5.92 Å². The zero-order chi connectivity index (χ0) is 12.9. The molecule has 2 atom stereocenters. The molecule has 17 heavy (non-hydrogen) atoms. The predicted molar refractivity (Wildman–Crippen MR) is 64.8 cm³/mol. The van der Waals surface area contributed by atoms with Crippen LogP contribution in [0.4, 0.5) is 0 Å². The van der Waals surface area contributed by atoms with Gasteiger partial charge in [0.15, 0.2) is 0 Å². The Balaban J connectivity index is 2.08. The Morgan fingerprint density at radius 1 is 1.47 bits per heavy atom. The summed E-state index contributed by atoms with van der Waals surface area (Å²) in [6.07, 6.45) is 2.60. The van der Waals surface area contributed by atoms with Crippen molar-refractivity contribution in [1.82, 2.24) is 9.56 Å². The molecule has 0 heterocycles. The lowest BCUT2D eigenvalue weighted by Crippen LogP contribution is -2.49. The molecule has 0 unspecified atom stereocenters. The molecule has 2 saturated carbocycles. The second-order valence-electron chi connectivity index (χ2n) is 5.26. The molecule has 0 aromatic carbocycles. The van der Waals surface area contributed by atoms with Gasteiger partial charge >= 0.3 is 0 Å². The number of carbonyl (C=O) groups excluding carboxylic acids is 1. The van der Waals surface area contributed by atoms with E-state index in [0.29, 0.717) is 19.3 Å². The van der Waals surface area contributed by atoms with E-state index in [2.05, 4.69) is 9.56 Å². The van der Waals surface area contributed by atoms with E-state index in [1.54, 1.807) is 6.92 Å². The van der Waals surface area contributed by atoms with E-state index in [1.165, 1.54) is 0 Å². The van der Waals surface area contributed by atoms with Crippen molar-refractivity contribution in [3.8, 4) is 0 Å². The quantitative estimate of drug-likeness (QED) is 0.734. The lowest BCUT2D eigenvalue weighted by Gasteiger charge is -2.17. The highest BCUT2D eigenvalue weighted by Crippen LogP contribution is 2.47. The highest BCUT2D eigenvalue weighted by Gasteiger charge is 2.61. The van der Waals surface area contributed by atoms with Crippen LogP contribution >= 0.6 is 11.8 Å². The number of halogens is 1. The molecule has 7 heteroatoms. The van der Waals surface area contributed by atoms with Crippen molar-refractivity contribution < 1.29 is 13.2 Å². The van der Waals surface area contributed by atoms with Gasteiger partial charge in [0.05, 0.1) is 4.75 Å². The van der Waals surface area contributed by atoms with Crippen molar-refractivity contribution in [3.63, 3.8) is 0 Å². The molecule has 2 aliphatic rings. The van der Waals surface area contributed by atoms with Crippen LogP contribution < -0.4 is 9.56 Å². The van der Waals surface area contributed by atoms with Crippen molar-refractivity contribution in [1.29, 1.82) is 0 Å². The number of amides is 1. The smallest absolute Gasteiger partial charge is 0.255 e. The van der Waals surface area contributed by atoms with Gasteiger partial charge in [0, 0.05) is 0 Å². The van der Waals surface area contributed by atoms with E-state index in [1.807, 2.05) is 6.92 Å². The number of hydrogen-bond acceptors (Lipinski definition) is 4. The average Bonchev–Trinajstić information content (AvgIpc) is 3.12. The van der Waals surface area contributed by atoms with E-state index in [0.717, 1.165) is 6.42 Å². The predicted octanol–water partition coefficient (Wildman–Crippen LogP) is 0.897. The first-order valence-electron chi connectivity index (χ1n) is 5.76. The molecular formula is C10H17ClN2O3S. The Hall–Kier alpha value is -0.330. The second-order valence-corrected chi connectivity index (χ2v) is 7.65.